The van der Waals surface area contributed by atoms with Gasteiger partial charge in [-0.25, -0.2) is 0 Å². The number of hydrogen-bond acceptors (Lipinski definition) is 5. The zero-order valence-electron chi connectivity index (χ0n) is 13.7. The Morgan fingerprint density at radius 2 is 1.80 bits per heavy atom. The van der Waals surface area contributed by atoms with Gasteiger partial charge in [0, 0.05) is 24.3 Å². The number of para-hydroxylation sites is 1. The highest BCUT2D eigenvalue weighted by Gasteiger charge is 2.21. The van der Waals surface area contributed by atoms with Gasteiger partial charge in [0.25, 0.3) is 0 Å². The molecule has 2 heterocycles. The van der Waals surface area contributed by atoms with Crippen LogP contribution in [0.25, 0.3) is 5.69 Å². The number of nitrogens with one attached hydrogen (secondary N) is 1. The fourth-order valence-electron chi connectivity index (χ4n) is 2.95. The number of nitrogens with zero attached hydrogens (tertiary/aromatic N) is 5. The summed E-state index contributed by atoms with van der Waals surface area (Å²) in [5, 5.41) is 15.2. The highest BCUT2D eigenvalue weighted by Crippen LogP contribution is 2.23. The maximum absolute atomic E-state index is 11.8. The van der Waals surface area contributed by atoms with Crippen LogP contribution in [0.3, 0.4) is 0 Å². The van der Waals surface area contributed by atoms with Gasteiger partial charge in [-0.2, -0.15) is 4.68 Å². The Morgan fingerprint density at radius 1 is 1.00 bits per heavy atom. The lowest BCUT2D eigenvalue weighted by Gasteiger charge is -2.16. The number of benzene rings is 2. The molecule has 1 aliphatic heterocycles. The van der Waals surface area contributed by atoms with Crippen molar-refractivity contribution in [1.82, 2.24) is 20.2 Å². The van der Waals surface area contributed by atoms with Crippen LogP contribution < -0.4 is 10.2 Å². The summed E-state index contributed by atoms with van der Waals surface area (Å²) in [6, 6.07) is 17.6. The summed E-state index contributed by atoms with van der Waals surface area (Å²) in [7, 11) is 0. The van der Waals surface area contributed by atoms with E-state index in [1.54, 1.807) is 4.68 Å². The van der Waals surface area contributed by atoms with Crippen LogP contribution in [-0.4, -0.2) is 32.7 Å². The molecule has 1 aromatic heterocycles. The van der Waals surface area contributed by atoms with E-state index < -0.39 is 0 Å². The molecule has 0 radical (unpaired) electrons. The Labute approximate surface area is 145 Å². The number of aromatic nitrogens is 4. The molecule has 0 bridgehead atoms. The molecule has 4 rings (SSSR count). The highest BCUT2D eigenvalue weighted by atomic mass is 16.2. The van der Waals surface area contributed by atoms with Gasteiger partial charge in [-0.15, -0.1) is 5.10 Å². The predicted octanol–water partition coefficient (Wildman–Crippen LogP) is 2.40. The van der Waals surface area contributed by atoms with Gasteiger partial charge in [0.05, 0.1) is 12.2 Å². The van der Waals surface area contributed by atoms with Gasteiger partial charge in [-0.1, -0.05) is 18.2 Å². The first-order chi connectivity index (χ1) is 12.3. The summed E-state index contributed by atoms with van der Waals surface area (Å²) in [6.45, 7) is 1.31. The molecule has 0 atom stereocenters. The van der Waals surface area contributed by atoms with E-state index in [0.29, 0.717) is 13.0 Å². The normalized spacial score (nSPS) is 14.1. The molecule has 7 heteroatoms. The minimum absolute atomic E-state index is 0.197. The van der Waals surface area contributed by atoms with Crippen molar-refractivity contribution < 1.29 is 4.79 Å². The number of carbonyl (C=O) groups excluding carboxylic acids is 1. The molecule has 1 aliphatic rings. The maximum Gasteiger partial charge on any atom is 0.227 e. The lowest BCUT2D eigenvalue weighted by atomic mass is 10.2. The summed E-state index contributed by atoms with van der Waals surface area (Å²) in [5.41, 5.74) is 2.83. The molecule has 7 nitrogen and oxygen atoms in total. The zero-order valence-corrected chi connectivity index (χ0v) is 13.7. The van der Waals surface area contributed by atoms with Gasteiger partial charge in [0.1, 0.15) is 0 Å². The summed E-state index contributed by atoms with van der Waals surface area (Å²) in [5.74, 6) is 0.924. The zero-order chi connectivity index (χ0) is 17.1. The van der Waals surface area contributed by atoms with Crippen LogP contribution in [0.1, 0.15) is 18.7 Å². The third kappa shape index (κ3) is 3.21. The lowest BCUT2D eigenvalue weighted by molar-refractivity contribution is -0.117. The van der Waals surface area contributed by atoms with Gasteiger partial charge in [0.15, 0.2) is 5.82 Å². The Kier molecular flexibility index (Phi) is 4.12. The number of amides is 1. The van der Waals surface area contributed by atoms with Crippen molar-refractivity contribution >= 4 is 17.3 Å². The van der Waals surface area contributed by atoms with Crippen LogP contribution >= 0.6 is 0 Å². The van der Waals surface area contributed by atoms with Gasteiger partial charge in [-0.05, 0) is 53.2 Å². The van der Waals surface area contributed by atoms with Crippen LogP contribution in [0.5, 0.6) is 0 Å². The van der Waals surface area contributed by atoms with Crippen LogP contribution in [0.15, 0.2) is 54.6 Å². The Bertz CT molecular complexity index is 859. The molecule has 1 saturated heterocycles. The number of rotatable bonds is 5. The molecule has 2 aromatic carbocycles. The molecule has 0 unspecified atom stereocenters. The van der Waals surface area contributed by atoms with Gasteiger partial charge < -0.3 is 10.2 Å². The summed E-state index contributed by atoms with van der Waals surface area (Å²) >= 11 is 0. The minimum atomic E-state index is 0.197. The first kappa shape index (κ1) is 15.3. The van der Waals surface area contributed by atoms with Crippen molar-refractivity contribution in [2.24, 2.45) is 0 Å². The quantitative estimate of drug-likeness (QED) is 0.775. The Hall–Kier alpha value is -3.22. The predicted molar refractivity (Wildman–Crippen MR) is 94.5 cm³/mol. The van der Waals surface area contributed by atoms with Crippen molar-refractivity contribution in [1.29, 1.82) is 0 Å². The topological polar surface area (TPSA) is 75.9 Å². The second kappa shape index (κ2) is 6.72. The third-order valence-corrected chi connectivity index (χ3v) is 4.24. The van der Waals surface area contributed by atoms with Crippen LogP contribution in [0.4, 0.5) is 11.4 Å². The average molecular weight is 334 g/mol. The molecule has 1 amide bonds. The molecule has 126 valence electrons. The smallest absolute Gasteiger partial charge is 0.227 e. The average Bonchev–Trinajstić information content (AvgIpc) is 3.30. The number of carbonyl (C=O) groups is 1. The van der Waals surface area contributed by atoms with Crippen molar-refractivity contribution in [2.75, 3.05) is 16.8 Å². The molecule has 1 fully saturated rings. The standard InChI is InChI=1S/C18H18N6O/c25-18-7-4-12-23(18)15-10-8-14(9-11-15)19-13-17-20-21-22-24(17)16-5-2-1-3-6-16/h1-3,5-6,8-11,19H,4,7,12-13H2. The van der Waals surface area contributed by atoms with E-state index in [9.17, 15) is 4.79 Å². The fraction of sp³-hybridized carbons (Fsp3) is 0.222. The number of hydrogen-bond donors (Lipinski definition) is 1. The van der Waals surface area contributed by atoms with E-state index in [1.807, 2.05) is 59.5 Å². The molecule has 1 N–H and O–H groups in total. The van der Waals surface area contributed by atoms with Crippen molar-refractivity contribution in [3.8, 4) is 5.69 Å². The second-order valence-corrected chi connectivity index (χ2v) is 5.89. The summed E-state index contributed by atoms with van der Waals surface area (Å²) in [6.07, 6.45) is 1.57. The van der Waals surface area contributed by atoms with Crippen LogP contribution in [0.2, 0.25) is 0 Å². The lowest BCUT2D eigenvalue weighted by Crippen LogP contribution is -2.23. The molecule has 0 spiro atoms. The summed E-state index contributed by atoms with van der Waals surface area (Å²) in [4.78, 5) is 13.6. The van der Waals surface area contributed by atoms with E-state index in [2.05, 4.69) is 20.8 Å². The minimum Gasteiger partial charge on any atom is -0.378 e. The maximum atomic E-state index is 11.8. The SMILES string of the molecule is O=C1CCCN1c1ccc(NCc2nnnn2-c2ccccc2)cc1. The first-order valence-corrected chi connectivity index (χ1v) is 8.28. The van der Waals surface area contributed by atoms with E-state index >= 15 is 0 Å². The van der Waals surface area contributed by atoms with Gasteiger partial charge in [0.2, 0.25) is 5.91 Å². The van der Waals surface area contributed by atoms with E-state index in [0.717, 1.165) is 35.9 Å². The largest absolute Gasteiger partial charge is 0.378 e. The molecular formula is C18H18N6O. The van der Waals surface area contributed by atoms with E-state index in [4.69, 9.17) is 0 Å². The molecule has 3 aromatic rings. The van der Waals surface area contributed by atoms with Gasteiger partial charge in [-0.3, -0.25) is 4.79 Å². The van der Waals surface area contributed by atoms with E-state index in [-0.39, 0.29) is 5.91 Å². The second-order valence-electron chi connectivity index (χ2n) is 5.89. The fourth-order valence-corrected chi connectivity index (χ4v) is 2.95. The molecular weight excluding hydrogens is 316 g/mol. The molecule has 25 heavy (non-hydrogen) atoms. The van der Waals surface area contributed by atoms with Crippen LogP contribution in [0, 0.1) is 0 Å². The van der Waals surface area contributed by atoms with Crippen LogP contribution in [-0.2, 0) is 11.3 Å². The van der Waals surface area contributed by atoms with E-state index in [1.165, 1.54) is 0 Å². The Balaban J connectivity index is 1.44. The Morgan fingerprint density at radius 3 is 2.52 bits per heavy atom. The molecule has 0 saturated carbocycles. The van der Waals surface area contributed by atoms with Crippen molar-refractivity contribution in [2.45, 2.75) is 19.4 Å². The monoisotopic (exact) mass is 334 g/mol. The summed E-state index contributed by atoms with van der Waals surface area (Å²) < 4.78 is 1.71. The third-order valence-electron chi connectivity index (χ3n) is 4.24. The number of anilines is 2. The number of tetrazole rings is 1. The van der Waals surface area contributed by atoms with Crippen molar-refractivity contribution in [3.05, 3.63) is 60.4 Å². The molecule has 0 aliphatic carbocycles. The van der Waals surface area contributed by atoms with Crippen molar-refractivity contribution in [3.63, 3.8) is 0 Å². The van der Waals surface area contributed by atoms with Gasteiger partial charge >= 0.3 is 0 Å². The highest BCUT2D eigenvalue weighted by molar-refractivity contribution is 5.95. The first-order valence-electron chi connectivity index (χ1n) is 8.28.